The third-order valence-electron chi connectivity index (χ3n) is 2.75. The molecule has 0 radical (unpaired) electrons. The Labute approximate surface area is 130 Å². The summed E-state index contributed by atoms with van der Waals surface area (Å²) in [5.74, 6) is -0.316. The average Bonchev–Trinajstić information content (AvgIpc) is 2.94. The molecule has 0 aliphatic rings. The summed E-state index contributed by atoms with van der Waals surface area (Å²) in [7, 11) is -2.32. The fourth-order valence-corrected chi connectivity index (χ4v) is 3.58. The molecular weight excluding hydrogens is 363 g/mol. The maximum Gasteiger partial charge on any atom is 0.243 e. The number of hydrogen-bond acceptors (Lipinski definition) is 4. The molecule has 1 aromatic carbocycles. The lowest BCUT2D eigenvalue weighted by Crippen LogP contribution is -2.24. The predicted octanol–water partition coefficient (Wildman–Crippen LogP) is 2.38. The average molecular weight is 377 g/mol. The summed E-state index contributed by atoms with van der Waals surface area (Å²) in [4.78, 5) is -0.395. The summed E-state index contributed by atoms with van der Waals surface area (Å²) in [6.45, 7) is 0.189. The lowest BCUT2D eigenvalue weighted by atomic mass is 10.2. The van der Waals surface area contributed by atoms with Crippen molar-refractivity contribution in [1.82, 2.24) is 10.0 Å². The first-order valence-corrected chi connectivity index (χ1v) is 8.36. The van der Waals surface area contributed by atoms with Crippen LogP contribution in [0.1, 0.15) is 11.3 Å². The van der Waals surface area contributed by atoms with Gasteiger partial charge in [0.1, 0.15) is 16.5 Å². The van der Waals surface area contributed by atoms with E-state index in [-0.39, 0.29) is 18.7 Å². The normalized spacial score (nSPS) is 11.8. The molecule has 5 nitrogen and oxygen atoms in total. The topological polar surface area (TPSA) is 71.3 Å². The Hall–Kier alpha value is -1.22. The van der Waals surface area contributed by atoms with E-state index in [1.807, 2.05) is 0 Å². The molecule has 2 N–H and O–H groups in total. The number of sulfonamides is 1. The van der Waals surface area contributed by atoms with Gasteiger partial charge in [0, 0.05) is 16.6 Å². The highest BCUT2D eigenvalue weighted by molar-refractivity contribution is 9.10. The maximum absolute atomic E-state index is 14.3. The monoisotopic (exact) mass is 376 g/mol. The Morgan fingerprint density at radius 2 is 2.10 bits per heavy atom. The first-order valence-electron chi connectivity index (χ1n) is 6.08. The smallest absolute Gasteiger partial charge is 0.243 e. The fraction of sp³-hybridized carbons (Fsp3) is 0.231. The molecule has 0 aliphatic heterocycles. The van der Waals surface area contributed by atoms with Crippen molar-refractivity contribution < 1.29 is 17.2 Å². The van der Waals surface area contributed by atoms with Crippen molar-refractivity contribution in [3.63, 3.8) is 0 Å². The molecule has 0 aliphatic carbocycles. The van der Waals surface area contributed by atoms with Gasteiger partial charge in [-0.3, -0.25) is 0 Å². The molecule has 2 aromatic rings. The minimum absolute atomic E-state index is 0.0390. The fourth-order valence-electron chi connectivity index (χ4n) is 1.79. The van der Waals surface area contributed by atoms with Gasteiger partial charge in [-0.15, -0.1) is 0 Å². The van der Waals surface area contributed by atoms with Gasteiger partial charge in [-0.1, -0.05) is 15.9 Å². The van der Waals surface area contributed by atoms with Crippen molar-refractivity contribution in [2.45, 2.75) is 18.0 Å². The van der Waals surface area contributed by atoms with Crippen LogP contribution in [0.5, 0.6) is 0 Å². The molecule has 1 heterocycles. The second-order valence-corrected chi connectivity index (χ2v) is 6.96. The van der Waals surface area contributed by atoms with Gasteiger partial charge >= 0.3 is 0 Å². The standard InChI is InChI=1S/C13H14BrFN2O3S/c1-16-7-9-5-10(14)6-12(13(9)15)21(18,19)17-8-11-3-2-4-20-11/h2-6,16-17H,7-8H2,1H3. The summed E-state index contributed by atoms with van der Waals surface area (Å²) in [6, 6.07) is 6.05. The molecule has 0 saturated carbocycles. The van der Waals surface area contributed by atoms with Gasteiger partial charge in [0.2, 0.25) is 10.0 Å². The molecule has 0 unspecified atom stereocenters. The van der Waals surface area contributed by atoms with Gasteiger partial charge in [0.15, 0.2) is 0 Å². The van der Waals surface area contributed by atoms with Crippen molar-refractivity contribution in [1.29, 1.82) is 0 Å². The van der Waals surface area contributed by atoms with Crippen LogP contribution in [0.3, 0.4) is 0 Å². The van der Waals surface area contributed by atoms with Crippen LogP contribution < -0.4 is 10.0 Å². The van der Waals surface area contributed by atoms with Crippen LogP contribution in [0, 0.1) is 5.82 Å². The van der Waals surface area contributed by atoms with Crippen molar-refractivity contribution in [3.8, 4) is 0 Å². The molecule has 0 spiro atoms. The lowest BCUT2D eigenvalue weighted by molar-refractivity contribution is 0.496. The van der Waals surface area contributed by atoms with Crippen LogP contribution in [-0.2, 0) is 23.1 Å². The van der Waals surface area contributed by atoms with E-state index in [1.54, 1.807) is 19.2 Å². The van der Waals surface area contributed by atoms with Crippen molar-refractivity contribution in [2.75, 3.05) is 7.05 Å². The van der Waals surface area contributed by atoms with Crippen molar-refractivity contribution in [2.24, 2.45) is 0 Å². The Balaban J connectivity index is 2.30. The van der Waals surface area contributed by atoms with Gasteiger partial charge in [-0.05, 0) is 31.3 Å². The number of hydrogen-bond donors (Lipinski definition) is 2. The van der Waals surface area contributed by atoms with E-state index in [2.05, 4.69) is 26.0 Å². The van der Waals surface area contributed by atoms with Crippen LogP contribution in [-0.4, -0.2) is 15.5 Å². The number of nitrogens with one attached hydrogen (secondary N) is 2. The van der Waals surface area contributed by atoms with Crippen LogP contribution in [0.15, 0.2) is 44.3 Å². The van der Waals surface area contributed by atoms with Crippen molar-refractivity contribution in [3.05, 3.63) is 52.1 Å². The predicted molar refractivity (Wildman–Crippen MR) is 79.6 cm³/mol. The summed E-state index contributed by atoms with van der Waals surface area (Å²) >= 11 is 3.19. The molecule has 8 heteroatoms. The molecule has 114 valence electrons. The number of benzene rings is 1. The Morgan fingerprint density at radius 3 is 2.71 bits per heavy atom. The summed E-state index contributed by atoms with van der Waals surface area (Å²) < 4.78 is 46.6. The molecule has 1 aromatic heterocycles. The van der Waals surface area contributed by atoms with E-state index in [0.717, 1.165) is 0 Å². The van der Waals surface area contributed by atoms with Crippen LogP contribution in [0.25, 0.3) is 0 Å². The van der Waals surface area contributed by atoms with E-state index >= 15 is 0 Å². The van der Waals surface area contributed by atoms with Crippen molar-refractivity contribution >= 4 is 26.0 Å². The van der Waals surface area contributed by atoms with Gasteiger partial charge < -0.3 is 9.73 Å². The van der Waals surface area contributed by atoms with E-state index in [0.29, 0.717) is 10.2 Å². The Kier molecular flexibility index (Phi) is 5.15. The maximum atomic E-state index is 14.3. The number of rotatable bonds is 6. The summed E-state index contributed by atoms with van der Waals surface area (Å²) in [5.41, 5.74) is 0.269. The first-order chi connectivity index (χ1) is 9.94. The van der Waals surface area contributed by atoms with E-state index in [4.69, 9.17) is 4.42 Å². The number of furan rings is 1. The second-order valence-electron chi connectivity index (χ2n) is 4.31. The molecule has 0 saturated heterocycles. The molecule has 21 heavy (non-hydrogen) atoms. The Morgan fingerprint density at radius 1 is 1.33 bits per heavy atom. The molecular formula is C13H14BrFN2O3S. The third-order valence-corrected chi connectivity index (χ3v) is 4.61. The van der Waals surface area contributed by atoms with Gasteiger partial charge in [0.05, 0.1) is 12.8 Å². The van der Waals surface area contributed by atoms with Gasteiger partial charge in [0.25, 0.3) is 0 Å². The zero-order valence-electron chi connectivity index (χ0n) is 11.2. The van der Waals surface area contributed by atoms with Crippen LogP contribution in [0.4, 0.5) is 4.39 Å². The van der Waals surface area contributed by atoms with Gasteiger partial charge in [-0.2, -0.15) is 0 Å². The largest absolute Gasteiger partial charge is 0.468 e. The molecule has 0 bridgehead atoms. The van der Waals surface area contributed by atoms with Gasteiger partial charge in [-0.25, -0.2) is 17.5 Å². The minimum atomic E-state index is -3.97. The third kappa shape index (κ3) is 3.91. The highest BCUT2D eigenvalue weighted by Gasteiger charge is 2.22. The quantitative estimate of drug-likeness (QED) is 0.811. The first kappa shape index (κ1) is 16.2. The SMILES string of the molecule is CNCc1cc(Br)cc(S(=O)(=O)NCc2ccco2)c1F. The highest BCUT2D eigenvalue weighted by Crippen LogP contribution is 2.24. The molecule has 0 fully saturated rings. The minimum Gasteiger partial charge on any atom is -0.468 e. The van der Waals surface area contributed by atoms with E-state index in [1.165, 1.54) is 18.4 Å². The highest BCUT2D eigenvalue weighted by atomic mass is 79.9. The molecule has 2 rings (SSSR count). The zero-order chi connectivity index (χ0) is 15.5. The molecule has 0 atom stereocenters. The second kappa shape index (κ2) is 6.69. The lowest BCUT2D eigenvalue weighted by Gasteiger charge is -2.11. The summed E-state index contributed by atoms with van der Waals surface area (Å²) in [5, 5.41) is 2.79. The zero-order valence-corrected chi connectivity index (χ0v) is 13.6. The number of halogens is 2. The van der Waals surface area contributed by atoms with Crippen LogP contribution in [0.2, 0.25) is 0 Å². The van der Waals surface area contributed by atoms with E-state index in [9.17, 15) is 12.8 Å². The summed E-state index contributed by atoms with van der Waals surface area (Å²) in [6.07, 6.45) is 1.44. The van der Waals surface area contributed by atoms with E-state index < -0.39 is 20.7 Å². The Bertz CT molecular complexity index is 717. The molecule has 0 amide bonds. The van der Waals surface area contributed by atoms with Crippen LogP contribution >= 0.6 is 15.9 Å².